The molecule has 2 nitrogen and oxygen atoms in total. The molecule has 33 heavy (non-hydrogen) atoms. The lowest BCUT2D eigenvalue weighted by Gasteiger charge is -2.47. The largest absolute Gasteiger partial charge is 0.490 e. The molecule has 2 bridgehead atoms. The third-order valence-corrected chi connectivity index (χ3v) is 8.88. The van der Waals surface area contributed by atoms with Crippen molar-refractivity contribution in [2.45, 2.75) is 88.3 Å². The van der Waals surface area contributed by atoms with Gasteiger partial charge in [0.2, 0.25) is 0 Å². The van der Waals surface area contributed by atoms with Crippen LogP contribution in [0.3, 0.4) is 0 Å². The van der Waals surface area contributed by atoms with Gasteiger partial charge >= 0.3 is 0 Å². The molecule has 0 radical (unpaired) electrons. The summed E-state index contributed by atoms with van der Waals surface area (Å²) in [5, 5.41) is 6.56. The number of hydrogen-bond donors (Lipinski definition) is 1. The van der Waals surface area contributed by atoms with E-state index in [-0.39, 0.29) is 0 Å². The monoisotopic (exact) mass is 439 g/mol. The quantitative estimate of drug-likeness (QED) is 0.424. The molecule has 0 atom stereocenters. The highest BCUT2D eigenvalue weighted by Gasteiger charge is 2.39. The minimum atomic E-state index is 0.343. The van der Waals surface area contributed by atoms with Crippen molar-refractivity contribution in [2.24, 2.45) is 5.92 Å². The molecule has 1 N–H and O–H groups in total. The molecular weight excluding hydrogens is 402 g/mol. The van der Waals surface area contributed by atoms with E-state index in [1.165, 1.54) is 73.3 Å². The lowest BCUT2D eigenvalue weighted by Crippen LogP contribution is -2.51. The molecule has 3 aromatic carbocycles. The second-order valence-corrected chi connectivity index (χ2v) is 11.0. The van der Waals surface area contributed by atoms with E-state index in [9.17, 15) is 0 Å². The molecule has 3 aromatic rings. The summed E-state index contributed by atoms with van der Waals surface area (Å²) < 4.78 is 6.42. The lowest BCUT2D eigenvalue weighted by atomic mass is 9.66. The number of rotatable bonds is 6. The summed E-state index contributed by atoms with van der Waals surface area (Å²) in [6, 6.07) is 24.6. The van der Waals surface area contributed by atoms with Crippen LogP contribution in [0, 0.1) is 5.92 Å². The minimum Gasteiger partial charge on any atom is -0.490 e. The van der Waals surface area contributed by atoms with Gasteiger partial charge in [-0.05, 0) is 116 Å². The molecule has 0 aliphatic heterocycles. The van der Waals surface area contributed by atoms with E-state index in [1.54, 1.807) is 0 Å². The Balaban J connectivity index is 1.06. The first-order valence-corrected chi connectivity index (χ1v) is 13.2. The molecule has 2 heteroatoms. The first kappa shape index (κ1) is 21.2. The fraction of sp³-hybridized carbons (Fsp3) is 0.484. The average Bonchev–Trinajstić information content (AvgIpc) is 2.89. The Hall–Kier alpha value is -2.32. The van der Waals surface area contributed by atoms with Gasteiger partial charge in [0.25, 0.3) is 0 Å². The lowest BCUT2D eigenvalue weighted by molar-refractivity contribution is 0.104. The normalized spacial score (nSPS) is 29.3. The van der Waals surface area contributed by atoms with E-state index in [2.05, 4.69) is 72.0 Å². The summed E-state index contributed by atoms with van der Waals surface area (Å²) in [4.78, 5) is 0. The van der Waals surface area contributed by atoms with Gasteiger partial charge in [-0.1, -0.05) is 48.5 Å². The number of nitrogens with one attached hydrogen (secondary N) is 1. The highest BCUT2D eigenvalue weighted by Crippen LogP contribution is 2.44. The van der Waals surface area contributed by atoms with E-state index < -0.39 is 0 Å². The van der Waals surface area contributed by atoms with E-state index >= 15 is 0 Å². The highest BCUT2D eigenvalue weighted by molar-refractivity contribution is 5.84. The first-order valence-electron chi connectivity index (χ1n) is 13.2. The number of fused-ring (bicyclic) bond motifs is 4. The van der Waals surface area contributed by atoms with Gasteiger partial charge in [-0.3, -0.25) is 0 Å². The maximum atomic E-state index is 6.42. The van der Waals surface area contributed by atoms with Crippen LogP contribution in [0.2, 0.25) is 0 Å². The Morgan fingerprint density at radius 2 is 1.42 bits per heavy atom. The van der Waals surface area contributed by atoms with Gasteiger partial charge in [0.1, 0.15) is 5.75 Å². The topological polar surface area (TPSA) is 21.3 Å². The zero-order valence-corrected chi connectivity index (χ0v) is 19.8. The molecule has 0 spiro atoms. The van der Waals surface area contributed by atoms with Crippen molar-refractivity contribution < 1.29 is 4.74 Å². The first-order chi connectivity index (χ1) is 16.2. The predicted octanol–water partition coefficient (Wildman–Crippen LogP) is 7.76. The van der Waals surface area contributed by atoms with Crippen LogP contribution in [0.25, 0.3) is 10.8 Å². The summed E-state index contributed by atoms with van der Waals surface area (Å²) in [6.45, 7) is 0.990. The van der Waals surface area contributed by atoms with Crippen molar-refractivity contribution in [2.75, 3.05) is 0 Å². The molecule has 4 saturated carbocycles. The highest BCUT2D eigenvalue weighted by atomic mass is 16.5. The van der Waals surface area contributed by atoms with Crippen LogP contribution in [0.15, 0.2) is 66.7 Å². The van der Waals surface area contributed by atoms with Crippen molar-refractivity contribution in [3.05, 3.63) is 77.9 Å². The summed E-state index contributed by atoms with van der Waals surface area (Å²) in [6.07, 6.45) is 13.5. The summed E-state index contributed by atoms with van der Waals surface area (Å²) in [5.74, 6) is 2.73. The predicted molar refractivity (Wildman–Crippen MR) is 137 cm³/mol. The van der Waals surface area contributed by atoms with Crippen molar-refractivity contribution >= 4 is 10.8 Å². The maximum absolute atomic E-state index is 6.42. The van der Waals surface area contributed by atoms with Gasteiger partial charge in [0.05, 0.1) is 6.10 Å². The zero-order valence-electron chi connectivity index (χ0n) is 19.8. The van der Waals surface area contributed by atoms with E-state index in [0.717, 1.165) is 31.1 Å². The smallest absolute Gasteiger partial charge is 0.120 e. The van der Waals surface area contributed by atoms with Crippen LogP contribution in [0.1, 0.15) is 81.3 Å². The molecule has 0 amide bonds. The Morgan fingerprint density at radius 3 is 2.18 bits per heavy atom. The Labute approximate surface area is 198 Å². The molecule has 7 rings (SSSR count). The third kappa shape index (κ3) is 4.68. The Bertz CT molecular complexity index is 1060. The second-order valence-electron chi connectivity index (χ2n) is 11.0. The number of benzene rings is 3. The number of hydrogen-bond acceptors (Lipinski definition) is 2. The average molecular weight is 440 g/mol. The maximum Gasteiger partial charge on any atom is 0.120 e. The standard InChI is InChI=1S/C31H37NO/c1-2-4-25(5-3-1)26-8-11-29(12-9-26)33-30-13-10-27-20-24(6-7-28(27)21-30)22-32-31-17-14-23(15-18-31)16-19-31/h1-7,10,13,20-21,23,26,29,32H,8-9,11-12,14-19,22H2. The van der Waals surface area contributed by atoms with Crippen molar-refractivity contribution in [3.8, 4) is 5.75 Å². The molecule has 0 heterocycles. The van der Waals surface area contributed by atoms with Crippen molar-refractivity contribution in [1.82, 2.24) is 5.32 Å². The molecule has 0 aromatic heterocycles. The molecule has 0 saturated heterocycles. The molecular formula is C31H37NO. The third-order valence-electron chi connectivity index (χ3n) is 8.88. The molecule has 4 aliphatic carbocycles. The fourth-order valence-electron chi connectivity index (χ4n) is 6.69. The van der Waals surface area contributed by atoms with Gasteiger partial charge in [-0.2, -0.15) is 0 Å². The van der Waals surface area contributed by atoms with E-state index in [1.807, 2.05) is 0 Å². The molecule has 0 unspecified atom stereocenters. The number of ether oxygens (including phenoxy) is 1. The zero-order chi connectivity index (χ0) is 22.1. The SMILES string of the molecule is c1ccc(C2CCC(Oc3ccc4cc(CNC56CCC(CC5)CC6)ccc4c3)CC2)cc1. The van der Waals surface area contributed by atoms with Crippen LogP contribution in [-0.4, -0.2) is 11.6 Å². The van der Waals surface area contributed by atoms with Gasteiger partial charge < -0.3 is 10.1 Å². The summed E-state index contributed by atoms with van der Waals surface area (Å²) in [7, 11) is 0. The molecule has 172 valence electrons. The van der Waals surface area contributed by atoms with Gasteiger partial charge in [0, 0.05) is 12.1 Å². The van der Waals surface area contributed by atoms with Gasteiger partial charge in [-0.25, -0.2) is 0 Å². The van der Waals surface area contributed by atoms with Crippen molar-refractivity contribution in [3.63, 3.8) is 0 Å². The molecule has 4 fully saturated rings. The van der Waals surface area contributed by atoms with Gasteiger partial charge in [-0.15, -0.1) is 0 Å². The van der Waals surface area contributed by atoms with Crippen LogP contribution in [-0.2, 0) is 6.54 Å². The van der Waals surface area contributed by atoms with Crippen molar-refractivity contribution in [1.29, 1.82) is 0 Å². The summed E-state index contributed by atoms with van der Waals surface area (Å²) in [5.41, 5.74) is 3.31. The Morgan fingerprint density at radius 1 is 0.727 bits per heavy atom. The van der Waals surface area contributed by atoms with E-state index in [4.69, 9.17) is 4.74 Å². The minimum absolute atomic E-state index is 0.343. The molecule has 4 aliphatic rings. The van der Waals surface area contributed by atoms with Crippen LogP contribution >= 0.6 is 0 Å². The van der Waals surface area contributed by atoms with Crippen LogP contribution < -0.4 is 10.1 Å². The van der Waals surface area contributed by atoms with E-state index in [0.29, 0.717) is 17.6 Å². The Kier molecular flexibility index (Phi) is 5.88. The van der Waals surface area contributed by atoms with Crippen LogP contribution in [0.4, 0.5) is 0 Å². The van der Waals surface area contributed by atoms with Gasteiger partial charge in [0.15, 0.2) is 0 Å². The van der Waals surface area contributed by atoms with Crippen LogP contribution in [0.5, 0.6) is 5.75 Å². The second kappa shape index (κ2) is 9.14. The summed E-state index contributed by atoms with van der Waals surface area (Å²) >= 11 is 0. The fourth-order valence-corrected chi connectivity index (χ4v) is 6.69.